The summed E-state index contributed by atoms with van der Waals surface area (Å²) in [4.78, 5) is 38.0. The first kappa shape index (κ1) is 32.2. The molecule has 1 aliphatic rings. The molecule has 2 aromatic carbocycles. The average molecular weight is 570 g/mol. The van der Waals surface area contributed by atoms with Crippen molar-refractivity contribution in [3.8, 4) is 0 Å². The van der Waals surface area contributed by atoms with Crippen LogP contribution in [0, 0.1) is 0 Å². The minimum atomic E-state index is -0.965. The van der Waals surface area contributed by atoms with Crippen molar-refractivity contribution in [1.82, 2.24) is 5.32 Å². The highest BCUT2D eigenvalue weighted by molar-refractivity contribution is 5.76. The van der Waals surface area contributed by atoms with Crippen LogP contribution in [0.15, 0.2) is 60.7 Å². The van der Waals surface area contributed by atoms with Crippen LogP contribution in [0.5, 0.6) is 0 Å². The molecule has 3 rings (SSSR count). The van der Waals surface area contributed by atoms with Crippen molar-refractivity contribution in [3.63, 3.8) is 0 Å². The molecule has 1 heterocycles. The molecule has 9 heteroatoms. The first-order chi connectivity index (χ1) is 19.9. The maximum absolute atomic E-state index is 12.9. The van der Waals surface area contributed by atoms with Gasteiger partial charge in [-0.1, -0.05) is 81.4 Å². The Morgan fingerprint density at radius 3 is 1.88 bits per heavy atom. The van der Waals surface area contributed by atoms with Crippen LogP contribution in [0.2, 0.25) is 0 Å². The van der Waals surface area contributed by atoms with E-state index in [1.54, 1.807) is 0 Å². The Balaban J connectivity index is 1.95. The summed E-state index contributed by atoms with van der Waals surface area (Å²) < 4.78 is 30.4. The SMILES string of the molecule is CCCC(=O)N[C@H]1C(OCc2ccccc2)O[C@H](COC(=O)CCC)[C@@H](OC(=O)CCC)[C@@H]1OCc1ccccc1. The third-order valence-electron chi connectivity index (χ3n) is 6.58. The number of rotatable bonds is 16. The molecule has 1 amide bonds. The van der Waals surface area contributed by atoms with E-state index in [-0.39, 0.29) is 44.5 Å². The summed E-state index contributed by atoms with van der Waals surface area (Å²) in [6.07, 6.45) is -1.02. The Morgan fingerprint density at radius 1 is 0.732 bits per heavy atom. The summed E-state index contributed by atoms with van der Waals surface area (Å²) in [6.45, 7) is 5.93. The number of esters is 2. The van der Waals surface area contributed by atoms with E-state index in [1.165, 1.54) is 0 Å². The van der Waals surface area contributed by atoms with Crippen LogP contribution in [-0.2, 0) is 51.3 Å². The lowest BCUT2D eigenvalue weighted by Gasteiger charge is -2.45. The Hall–Kier alpha value is -3.27. The van der Waals surface area contributed by atoms with Crippen LogP contribution in [0.4, 0.5) is 0 Å². The fraction of sp³-hybridized carbons (Fsp3) is 0.531. The zero-order valence-electron chi connectivity index (χ0n) is 24.3. The summed E-state index contributed by atoms with van der Waals surface area (Å²) in [5.41, 5.74) is 1.82. The van der Waals surface area contributed by atoms with Crippen LogP contribution in [0.25, 0.3) is 0 Å². The van der Waals surface area contributed by atoms with Crippen molar-refractivity contribution in [2.75, 3.05) is 6.61 Å². The normalized spacial score (nSPS) is 22.1. The van der Waals surface area contributed by atoms with Crippen molar-refractivity contribution in [2.24, 2.45) is 0 Å². The van der Waals surface area contributed by atoms with Gasteiger partial charge in [0.1, 0.15) is 24.9 Å². The van der Waals surface area contributed by atoms with E-state index in [4.69, 9.17) is 23.7 Å². The van der Waals surface area contributed by atoms with Gasteiger partial charge < -0.3 is 29.0 Å². The number of carbonyl (C=O) groups excluding carboxylic acids is 3. The first-order valence-electron chi connectivity index (χ1n) is 14.6. The molecule has 0 aromatic heterocycles. The number of nitrogens with one attached hydrogen (secondary N) is 1. The molecule has 0 saturated carbocycles. The summed E-state index contributed by atoms with van der Waals surface area (Å²) >= 11 is 0. The molecule has 0 aliphatic carbocycles. The van der Waals surface area contributed by atoms with Crippen molar-refractivity contribution in [3.05, 3.63) is 71.8 Å². The second-order valence-electron chi connectivity index (χ2n) is 10.1. The fourth-order valence-electron chi connectivity index (χ4n) is 4.54. The van der Waals surface area contributed by atoms with Gasteiger partial charge in [0.2, 0.25) is 5.91 Å². The number of hydrogen-bond acceptors (Lipinski definition) is 8. The fourth-order valence-corrected chi connectivity index (χ4v) is 4.54. The third kappa shape index (κ3) is 10.6. The molecule has 1 unspecified atom stereocenters. The van der Waals surface area contributed by atoms with Gasteiger partial charge in [-0.15, -0.1) is 0 Å². The summed E-state index contributed by atoms with van der Waals surface area (Å²) in [5, 5.41) is 3.02. The molecule has 5 atom stereocenters. The van der Waals surface area contributed by atoms with Crippen molar-refractivity contribution >= 4 is 17.8 Å². The largest absolute Gasteiger partial charge is 0.463 e. The molecule has 41 heavy (non-hydrogen) atoms. The van der Waals surface area contributed by atoms with Crippen LogP contribution in [-0.4, -0.2) is 55.1 Å². The Labute approximate surface area is 242 Å². The second-order valence-corrected chi connectivity index (χ2v) is 10.1. The van der Waals surface area contributed by atoms with Crippen molar-refractivity contribution in [1.29, 1.82) is 0 Å². The van der Waals surface area contributed by atoms with Gasteiger partial charge in [-0.05, 0) is 30.4 Å². The molecule has 2 aromatic rings. The quantitative estimate of drug-likeness (QED) is 0.286. The number of carbonyl (C=O) groups is 3. The molecule has 224 valence electrons. The zero-order chi connectivity index (χ0) is 29.5. The predicted molar refractivity (Wildman–Crippen MR) is 152 cm³/mol. The minimum absolute atomic E-state index is 0.158. The lowest BCUT2D eigenvalue weighted by Crippen LogP contribution is -2.66. The molecule has 1 fully saturated rings. The Kier molecular flexibility index (Phi) is 13.8. The maximum Gasteiger partial charge on any atom is 0.306 e. The molecule has 9 nitrogen and oxygen atoms in total. The van der Waals surface area contributed by atoms with Gasteiger partial charge in [0, 0.05) is 19.3 Å². The van der Waals surface area contributed by atoms with Crippen molar-refractivity contribution in [2.45, 2.75) is 103 Å². The monoisotopic (exact) mass is 569 g/mol. The van der Waals surface area contributed by atoms with Gasteiger partial charge >= 0.3 is 11.9 Å². The Bertz CT molecular complexity index is 1060. The van der Waals surface area contributed by atoms with E-state index in [1.807, 2.05) is 81.4 Å². The van der Waals surface area contributed by atoms with Crippen LogP contribution < -0.4 is 5.32 Å². The van der Waals surface area contributed by atoms with Crippen molar-refractivity contribution < 1.29 is 38.1 Å². The first-order valence-corrected chi connectivity index (χ1v) is 14.6. The Morgan fingerprint density at radius 2 is 1.29 bits per heavy atom. The van der Waals surface area contributed by atoms with E-state index in [0.717, 1.165) is 11.1 Å². The molecule has 0 radical (unpaired) electrons. The highest BCUT2D eigenvalue weighted by Gasteiger charge is 2.50. The molecule has 1 saturated heterocycles. The smallest absolute Gasteiger partial charge is 0.306 e. The highest BCUT2D eigenvalue weighted by Crippen LogP contribution is 2.29. The van der Waals surface area contributed by atoms with Crippen LogP contribution >= 0.6 is 0 Å². The highest BCUT2D eigenvalue weighted by atomic mass is 16.7. The summed E-state index contributed by atoms with van der Waals surface area (Å²) in [6, 6.07) is 18.4. The lowest BCUT2D eigenvalue weighted by atomic mass is 9.95. The van der Waals surface area contributed by atoms with Crippen LogP contribution in [0.3, 0.4) is 0 Å². The number of amides is 1. The van der Waals surface area contributed by atoms with E-state index >= 15 is 0 Å². The topological polar surface area (TPSA) is 109 Å². The van der Waals surface area contributed by atoms with Gasteiger partial charge in [0.15, 0.2) is 12.4 Å². The van der Waals surface area contributed by atoms with Gasteiger partial charge in [0.05, 0.1) is 13.2 Å². The van der Waals surface area contributed by atoms with E-state index in [0.29, 0.717) is 25.7 Å². The number of ether oxygens (including phenoxy) is 5. The lowest BCUT2D eigenvalue weighted by molar-refractivity contribution is -0.286. The van der Waals surface area contributed by atoms with E-state index in [2.05, 4.69) is 5.32 Å². The minimum Gasteiger partial charge on any atom is -0.463 e. The zero-order valence-corrected chi connectivity index (χ0v) is 24.3. The second kappa shape index (κ2) is 17.5. The third-order valence-corrected chi connectivity index (χ3v) is 6.58. The average Bonchev–Trinajstić information content (AvgIpc) is 2.97. The predicted octanol–water partition coefficient (Wildman–Crippen LogP) is 4.85. The number of benzene rings is 2. The molecule has 0 spiro atoms. The van der Waals surface area contributed by atoms with Gasteiger partial charge in [-0.2, -0.15) is 0 Å². The van der Waals surface area contributed by atoms with E-state index < -0.39 is 36.6 Å². The van der Waals surface area contributed by atoms with E-state index in [9.17, 15) is 14.4 Å². The molecule has 1 aliphatic heterocycles. The number of hydrogen-bond donors (Lipinski definition) is 1. The standard InChI is InChI=1S/C32H43NO8/c1-4-13-26(34)33-29-31(38-20-23-16-9-7-10-17-23)30(41-28(36)15-6-3)25(22-37-27(35)14-5-2)40-32(29)39-21-24-18-11-8-12-19-24/h7-12,16-19,25,29-32H,4-6,13-15,20-22H2,1-3H3,(H,33,34)/t25-,29-,30-,31-,32?/m1/s1. The summed E-state index contributed by atoms with van der Waals surface area (Å²) in [7, 11) is 0. The molecular formula is C32H43NO8. The maximum atomic E-state index is 12.9. The molecular weight excluding hydrogens is 526 g/mol. The molecule has 1 N–H and O–H groups in total. The van der Waals surface area contributed by atoms with Crippen LogP contribution in [0.1, 0.15) is 70.4 Å². The summed E-state index contributed by atoms with van der Waals surface area (Å²) in [5.74, 6) is -1.01. The van der Waals surface area contributed by atoms with Gasteiger partial charge in [-0.25, -0.2) is 0 Å². The van der Waals surface area contributed by atoms with Gasteiger partial charge in [-0.3, -0.25) is 14.4 Å². The van der Waals surface area contributed by atoms with Gasteiger partial charge in [0.25, 0.3) is 0 Å². The molecule has 0 bridgehead atoms.